The van der Waals surface area contributed by atoms with E-state index in [0.29, 0.717) is 17.4 Å². The van der Waals surface area contributed by atoms with Crippen LogP contribution in [0.25, 0.3) is 0 Å². The number of nitrogens with two attached hydrogens (primary N) is 1. The number of carbonyl (C=O) groups excluding carboxylic acids is 1. The predicted molar refractivity (Wildman–Crippen MR) is 74.9 cm³/mol. The third kappa shape index (κ3) is 2.27. The van der Waals surface area contributed by atoms with E-state index in [0.717, 1.165) is 5.75 Å². The Morgan fingerprint density at radius 1 is 1.50 bits per heavy atom. The lowest BCUT2D eigenvalue weighted by molar-refractivity contribution is 0.0695. The monoisotopic (exact) mass is 266 g/mol. The summed E-state index contributed by atoms with van der Waals surface area (Å²) >= 11 is 1.87. The number of amides is 1. The van der Waals surface area contributed by atoms with Gasteiger partial charge in [0.1, 0.15) is 0 Å². The summed E-state index contributed by atoms with van der Waals surface area (Å²) in [7, 11) is 0. The van der Waals surface area contributed by atoms with Gasteiger partial charge >= 0.3 is 0 Å². The number of nitrogens with zero attached hydrogens (tertiary/aromatic N) is 1. The Balaban J connectivity index is 2.28. The number of phenols is 1. The molecule has 0 bridgehead atoms. The molecule has 0 spiro atoms. The first kappa shape index (κ1) is 13.1. The minimum absolute atomic E-state index is 0.111. The van der Waals surface area contributed by atoms with Gasteiger partial charge in [-0.3, -0.25) is 4.79 Å². The van der Waals surface area contributed by atoms with E-state index in [9.17, 15) is 9.90 Å². The highest BCUT2D eigenvalue weighted by Gasteiger charge is 2.30. The molecule has 18 heavy (non-hydrogen) atoms. The van der Waals surface area contributed by atoms with Crippen molar-refractivity contribution in [1.29, 1.82) is 0 Å². The van der Waals surface area contributed by atoms with Crippen LogP contribution < -0.4 is 5.73 Å². The van der Waals surface area contributed by atoms with Gasteiger partial charge in [-0.2, -0.15) is 11.8 Å². The van der Waals surface area contributed by atoms with Gasteiger partial charge in [-0.1, -0.05) is 13.0 Å². The Labute approximate surface area is 111 Å². The molecule has 2 rings (SSSR count). The number of aromatic hydroxyl groups is 1. The smallest absolute Gasteiger partial charge is 0.257 e. The van der Waals surface area contributed by atoms with Crippen molar-refractivity contribution in [2.24, 2.45) is 0 Å². The summed E-state index contributed by atoms with van der Waals surface area (Å²) in [5.74, 6) is 0.681. The summed E-state index contributed by atoms with van der Waals surface area (Å²) in [4.78, 5) is 14.2. The van der Waals surface area contributed by atoms with E-state index in [4.69, 9.17) is 5.73 Å². The van der Waals surface area contributed by atoms with E-state index in [2.05, 4.69) is 6.92 Å². The fourth-order valence-corrected chi connectivity index (χ4v) is 3.21. The molecule has 1 heterocycles. The van der Waals surface area contributed by atoms with Crippen LogP contribution >= 0.6 is 11.8 Å². The zero-order chi connectivity index (χ0) is 13.3. The molecule has 5 heteroatoms. The van der Waals surface area contributed by atoms with Gasteiger partial charge in [0.15, 0.2) is 5.75 Å². The van der Waals surface area contributed by atoms with Gasteiger partial charge in [0.25, 0.3) is 5.91 Å². The number of hydrogen-bond acceptors (Lipinski definition) is 4. The summed E-state index contributed by atoms with van der Waals surface area (Å²) in [5, 5.41) is 10.3. The minimum Gasteiger partial charge on any atom is -0.505 e. The number of para-hydroxylation sites is 1. The number of rotatable bonds is 1. The van der Waals surface area contributed by atoms with Crippen LogP contribution in [0.1, 0.15) is 24.2 Å². The predicted octanol–water partition coefficient (Wildman–Crippen LogP) is 1.94. The van der Waals surface area contributed by atoms with Crippen molar-refractivity contribution in [3.63, 3.8) is 0 Å². The second kappa shape index (κ2) is 5.10. The molecule has 1 fully saturated rings. The van der Waals surface area contributed by atoms with E-state index in [1.54, 1.807) is 18.2 Å². The second-order valence-corrected chi connectivity index (χ2v) is 6.04. The Hall–Kier alpha value is -1.36. The van der Waals surface area contributed by atoms with E-state index in [1.165, 1.54) is 0 Å². The number of benzene rings is 1. The maximum atomic E-state index is 12.4. The SMILES string of the molecule is CC1SCCN(C(=O)c2cccc(N)c2O)C1C. The normalized spacial score (nSPS) is 24.0. The van der Waals surface area contributed by atoms with E-state index in [-0.39, 0.29) is 23.4 Å². The van der Waals surface area contributed by atoms with Crippen molar-refractivity contribution >= 4 is 23.4 Å². The molecule has 0 radical (unpaired) electrons. The van der Waals surface area contributed by atoms with Crippen LogP contribution in [0, 0.1) is 0 Å². The fourth-order valence-electron chi connectivity index (χ4n) is 2.11. The Morgan fingerprint density at radius 3 is 2.94 bits per heavy atom. The van der Waals surface area contributed by atoms with Crippen molar-refractivity contribution in [2.75, 3.05) is 18.0 Å². The van der Waals surface area contributed by atoms with Gasteiger partial charge in [0, 0.05) is 23.6 Å². The van der Waals surface area contributed by atoms with Crippen molar-refractivity contribution in [1.82, 2.24) is 4.90 Å². The molecule has 1 aliphatic heterocycles. The van der Waals surface area contributed by atoms with Crippen LogP contribution in [-0.4, -0.2) is 39.5 Å². The maximum Gasteiger partial charge on any atom is 0.257 e. The van der Waals surface area contributed by atoms with Gasteiger partial charge < -0.3 is 15.7 Å². The minimum atomic E-state index is -0.139. The van der Waals surface area contributed by atoms with E-state index >= 15 is 0 Å². The van der Waals surface area contributed by atoms with Crippen LogP contribution in [0.3, 0.4) is 0 Å². The molecule has 1 amide bonds. The maximum absolute atomic E-state index is 12.4. The van der Waals surface area contributed by atoms with Crippen LogP contribution in [0.2, 0.25) is 0 Å². The molecule has 0 aliphatic carbocycles. The van der Waals surface area contributed by atoms with Gasteiger partial charge in [-0.05, 0) is 19.1 Å². The van der Waals surface area contributed by atoms with Crippen molar-refractivity contribution in [2.45, 2.75) is 25.1 Å². The molecule has 0 saturated carbocycles. The quantitative estimate of drug-likeness (QED) is 0.602. The zero-order valence-electron chi connectivity index (χ0n) is 10.6. The van der Waals surface area contributed by atoms with Crippen LogP contribution in [0.5, 0.6) is 5.75 Å². The molecular weight excluding hydrogens is 248 g/mol. The number of phenolic OH excluding ortho intramolecular Hbond substituents is 1. The van der Waals surface area contributed by atoms with Gasteiger partial charge in [0.2, 0.25) is 0 Å². The lowest BCUT2D eigenvalue weighted by Gasteiger charge is -2.37. The molecule has 4 nitrogen and oxygen atoms in total. The highest BCUT2D eigenvalue weighted by atomic mass is 32.2. The first-order valence-corrected chi connectivity index (χ1v) is 7.07. The first-order valence-electron chi connectivity index (χ1n) is 6.02. The number of hydrogen-bond donors (Lipinski definition) is 2. The molecule has 3 N–H and O–H groups in total. The van der Waals surface area contributed by atoms with Crippen molar-refractivity contribution in [3.8, 4) is 5.75 Å². The summed E-state index contributed by atoms with van der Waals surface area (Å²) in [6.07, 6.45) is 0. The average Bonchev–Trinajstić information content (AvgIpc) is 2.35. The lowest BCUT2D eigenvalue weighted by Crippen LogP contribution is -2.48. The number of anilines is 1. The topological polar surface area (TPSA) is 66.6 Å². The molecule has 1 aliphatic rings. The molecule has 2 atom stereocenters. The standard InChI is InChI=1S/C13H18N2O2S/c1-8-9(2)18-7-6-15(8)13(17)10-4-3-5-11(14)12(10)16/h3-5,8-9,16H,6-7,14H2,1-2H3. The van der Waals surface area contributed by atoms with E-state index < -0.39 is 0 Å². The number of nitrogen functional groups attached to an aromatic ring is 1. The lowest BCUT2D eigenvalue weighted by atomic mass is 10.1. The molecule has 1 aromatic carbocycles. The summed E-state index contributed by atoms with van der Waals surface area (Å²) in [5.41, 5.74) is 6.16. The number of thioether (sulfide) groups is 1. The summed E-state index contributed by atoms with van der Waals surface area (Å²) < 4.78 is 0. The molecule has 2 unspecified atom stereocenters. The zero-order valence-corrected chi connectivity index (χ0v) is 11.4. The highest BCUT2D eigenvalue weighted by Crippen LogP contribution is 2.30. The Bertz CT molecular complexity index is 464. The Morgan fingerprint density at radius 2 is 2.22 bits per heavy atom. The largest absolute Gasteiger partial charge is 0.505 e. The van der Waals surface area contributed by atoms with Gasteiger partial charge in [-0.25, -0.2) is 0 Å². The molecule has 98 valence electrons. The molecule has 1 aromatic rings. The van der Waals surface area contributed by atoms with Crippen LogP contribution in [0.4, 0.5) is 5.69 Å². The number of carbonyl (C=O) groups is 1. The summed E-state index contributed by atoms with van der Waals surface area (Å²) in [6.45, 7) is 4.87. The third-order valence-electron chi connectivity index (χ3n) is 3.44. The highest BCUT2D eigenvalue weighted by molar-refractivity contribution is 8.00. The van der Waals surface area contributed by atoms with E-state index in [1.807, 2.05) is 23.6 Å². The van der Waals surface area contributed by atoms with Crippen LogP contribution in [0.15, 0.2) is 18.2 Å². The fraction of sp³-hybridized carbons (Fsp3) is 0.462. The third-order valence-corrected chi connectivity index (χ3v) is 4.78. The van der Waals surface area contributed by atoms with Gasteiger partial charge in [-0.15, -0.1) is 0 Å². The van der Waals surface area contributed by atoms with Crippen LogP contribution in [-0.2, 0) is 0 Å². The summed E-state index contributed by atoms with van der Waals surface area (Å²) in [6, 6.07) is 5.06. The van der Waals surface area contributed by atoms with Crippen molar-refractivity contribution in [3.05, 3.63) is 23.8 Å². The molecule has 0 aromatic heterocycles. The molecular formula is C13H18N2O2S. The first-order chi connectivity index (χ1) is 8.52. The average molecular weight is 266 g/mol. The molecule has 1 saturated heterocycles. The van der Waals surface area contributed by atoms with Gasteiger partial charge in [0.05, 0.1) is 11.3 Å². The Kier molecular flexibility index (Phi) is 3.71. The second-order valence-electron chi connectivity index (χ2n) is 4.56. The van der Waals surface area contributed by atoms with Crippen molar-refractivity contribution < 1.29 is 9.90 Å².